The zero-order chi connectivity index (χ0) is 23.9. The van der Waals surface area contributed by atoms with Crippen LogP contribution in [0.4, 0.5) is 8.78 Å². The molecule has 8 heteroatoms. The highest BCUT2D eigenvalue weighted by molar-refractivity contribution is 6.01. The number of carbonyl (C=O) groups is 3. The molecule has 2 N–H and O–H groups in total. The Bertz CT molecular complexity index is 945. The van der Waals surface area contributed by atoms with Gasteiger partial charge in [0, 0.05) is 29.6 Å². The molecule has 0 amide bonds. The third kappa shape index (κ3) is 2.54. The molecule has 176 valence electrons. The summed E-state index contributed by atoms with van der Waals surface area (Å²) in [7, 11) is 0. The molecule has 1 unspecified atom stereocenters. The van der Waals surface area contributed by atoms with Gasteiger partial charge in [-0.25, -0.2) is 8.78 Å². The number of ether oxygens (including phenoxy) is 1. The highest BCUT2D eigenvalue weighted by Crippen LogP contribution is 2.71. The predicted molar refractivity (Wildman–Crippen MR) is 110 cm³/mol. The van der Waals surface area contributed by atoms with Crippen molar-refractivity contribution in [2.24, 2.45) is 28.6 Å². The van der Waals surface area contributed by atoms with Gasteiger partial charge in [0.15, 0.2) is 17.1 Å². The molecule has 6 nitrogen and oxygen atoms in total. The predicted octanol–water partition coefficient (Wildman–Crippen LogP) is 2.41. The minimum Gasteiger partial charge on any atom is -0.450 e. The van der Waals surface area contributed by atoms with Crippen LogP contribution in [0.2, 0.25) is 0 Å². The highest BCUT2D eigenvalue weighted by Gasteiger charge is 2.77. The summed E-state index contributed by atoms with van der Waals surface area (Å²) in [5.41, 5.74) is -6.74. The van der Waals surface area contributed by atoms with Crippen molar-refractivity contribution in [3.05, 3.63) is 23.8 Å². The van der Waals surface area contributed by atoms with Crippen LogP contribution in [-0.2, 0) is 19.1 Å². The first kappa shape index (κ1) is 23.2. The number of hydrogen-bond donors (Lipinski definition) is 2. The van der Waals surface area contributed by atoms with Crippen LogP contribution < -0.4 is 0 Å². The number of fused-ring (bicyclic) bond motifs is 5. The number of Topliss-reactive ketones (excluding diaryl/α,β-unsaturated/α-hetero) is 1. The quantitative estimate of drug-likeness (QED) is 0.638. The summed E-state index contributed by atoms with van der Waals surface area (Å²) in [6.07, 6.45) is 0.273. The van der Waals surface area contributed by atoms with Crippen LogP contribution in [0.5, 0.6) is 0 Å². The van der Waals surface area contributed by atoms with Gasteiger partial charge in [-0.1, -0.05) is 19.9 Å². The van der Waals surface area contributed by atoms with E-state index in [1.54, 1.807) is 13.8 Å². The molecule has 0 aromatic rings. The van der Waals surface area contributed by atoms with Gasteiger partial charge in [-0.3, -0.25) is 14.4 Å². The molecule has 4 rings (SSSR count). The fourth-order valence-electron chi connectivity index (χ4n) is 7.74. The van der Waals surface area contributed by atoms with E-state index >= 15 is 8.78 Å². The fourth-order valence-corrected chi connectivity index (χ4v) is 7.74. The molecule has 0 aromatic carbocycles. The third-order valence-corrected chi connectivity index (χ3v) is 9.03. The topological polar surface area (TPSA) is 101 Å². The van der Waals surface area contributed by atoms with E-state index in [9.17, 15) is 24.6 Å². The van der Waals surface area contributed by atoms with Gasteiger partial charge in [0.25, 0.3) is 0 Å². The molecule has 0 aliphatic heterocycles. The van der Waals surface area contributed by atoms with E-state index in [0.29, 0.717) is 0 Å². The van der Waals surface area contributed by atoms with Gasteiger partial charge < -0.3 is 14.9 Å². The fraction of sp³-hybridized carbons (Fsp3) is 0.708. The Morgan fingerprint density at radius 2 is 1.91 bits per heavy atom. The lowest BCUT2D eigenvalue weighted by Gasteiger charge is -2.63. The number of aliphatic hydroxyl groups is 2. The zero-order valence-electron chi connectivity index (χ0n) is 18.7. The summed E-state index contributed by atoms with van der Waals surface area (Å²) in [6, 6.07) is 0. The van der Waals surface area contributed by atoms with Crippen LogP contribution in [0, 0.1) is 28.6 Å². The summed E-state index contributed by atoms with van der Waals surface area (Å²) in [4.78, 5) is 37.0. The van der Waals surface area contributed by atoms with E-state index in [4.69, 9.17) is 4.74 Å². The molecule has 0 heterocycles. The van der Waals surface area contributed by atoms with Crippen LogP contribution in [-0.4, -0.2) is 57.9 Å². The van der Waals surface area contributed by atoms with Crippen LogP contribution in [0.25, 0.3) is 0 Å². The van der Waals surface area contributed by atoms with Crippen molar-refractivity contribution in [1.82, 2.24) is 0 Å². The molecule has 0 saturated heterocycles. The number of ketones is 2. The van der Waals surface area contributed by atoms with Gasteiger partial charge in [-0.15, -0.1) is 0 Å². The number of halogens is 2. The van der Waals surface area contributed by atoms with Crippen molar-refractivity contribution < 1.29 is 38.1 Å². The second-order valence-electron chi connectivity index (χ2n) is 10.4. The lowest BCUT2D eigenvalue weighted by molar-refractivity contribution is -0.231. The third-order valence-electron chi connectivity index (χ3n) is 9.03. The van der Waals surface area contributed by atoms with Crippen LogP contribution in [0.1, 0.15) is 47.0 Å². The molecule has 0 spiro atoms. The standard InChI is InChI=1S/C24H30F2O6/c1-12-7-15-16-9-18(25)17-8-14(29)5-6-21(17,3)23(16,26)19(30)10-22(15,4)24(12,20(31)11-27)32-13(2)28/h5-6,8,12,15-16,18-19,27,30H,7,9-11H2,1-4H3/t12-,15+,16+,18+,19?,21+,22+,23+,24+/m1/s1. The van der Waals surface area contributed by atoms with Crippen molar-refractivity contribution in [2.75, 3.05) is 6.61 Å². The number of hydrogen-bond acceptors (Lipinski definition) is 6. The summed E-state index contributed by atoms with van der Waals surface area (Å²) in [6.45, 7) is 5.16. The Hall–Kier alpha value is -1.93. The number of esters is 1. The van der Waals surface area contributed by atoms with Gasteiger partial charge in [-0.05, 0) is 49.8 Å². The van der Waals surface area contributed by atoms with E-state index < -0.39 is 76.3 Å². The van der Waals surface area contributed by atoms with E-state index in [1.165, 1.54) is 19.1 Å². The van der Waals surface area contributed by atoms with E-state index in [2.05, 4.69) is 0 Å². The molecule has 0 aromatic heterocycles. The summed E-state index contributed by atoms with van der Waals surface area (Å²) >= 11 is 0. The summed E-state index contributed by atoms with van der Waals surface area (Å²) in [5.74, 6) is -3.99. The average Bonchev–Trinajstić information content (AvgIpc) is 2.92. The summed E-state index contributed by atoms with van der Waals surface area (Å²) in [5, 5.41) is 21.0. The second kappa shape index (κ2) is 7.03. The van der Waals surface area contributed by atoms with Crippen LogP contribution in [0.15, 0.2) is 23.8 Å². The van der Waals surface area contributed by atoms with Gasteiger partial charge in [0.2, 0.25) is 5.78 Å². The normalized spacial score (nSPS) is 49.6. The van der Waals surface area contributed by atoms with Gasteiger partial charge in [0.05, 0.1) is 6.10 Å². The maximum Gasteiger partial charge on any atom is 0.303 e. The smallest absolute Gasteiger partial charge is 0.303 e. The molecule has 3 saturated carbocycles. The Morgan fingerprint density at radius 1 is 1.25 bits per heavy atom. The maximum absolute atomic E-state index is 17.1. The molecule has 0 radical (unpaired) electrons. The largest absolute Gasteiger partial charge is 0.450 e. The molecule has 3 fully saturated rings. The Balaban J connectivity index is 1.89. The number of carbonyl (C=O) groups excluding carboxylic acids is 3. The molecular formula is C24H30F2O6. The molecule has 4 aliphatic carbocycles. The zero-order valence-corrected chi connectivity index (χ0v) is 18.7. The Kier molecular flexibility index (Phi) is 5.11. The van der Waals surface area contributed by atoms with Crippen molar-refractivity contribution >= 4 is 17.5 Å². The number of alkyl halides is 2. The molecule has 0 bridgehead atoms. The average molecular weight is 452 g/mol. The summed E-state index contributed by atoms with van der Waals surface area (Å²) < 4.78 is 38.1. The number of rotatable bonds is 3. The lowest BCUT2D eigenvalue weighted by atomic mass is 9.44. The number of allylic oxidation sites excluding steroid dienone is 4. The van der Waals surface area contributed by atoms with Gasteiger partial charge in [0.1, 0.15) is 12.8 Å². The van der Waals surface area contributed by atoms with Crippen molar-refractivity contribution in [3.8, 4) is 0 Å². The molecular weight excluding hydrogens is 422 g/mol. The SMILES string of the molecule is CC(=O)O[C@]1(C(=O)CO)[C@H](C)C[C@H]2[C@@H]3C[C@H](F)C4=CC(=O)C=C[C@]4(C)[C@@]3(F)C(O)C[C@@]21C. The van der Waals surface area contributed by atoms with Gasteiger partial charge >= 0.3 is 5.97 Å². The second-order valence-corrected chi connectivity index (χ2v) is 10.4. The molecule has 9 atom stereocenters. The first-order valence-corrected chi connectivity index (χ1v) is 11.1. The minimum atomic E-state index is -2.28. The Labute approximate surface area is 185 Å². The monoisotopic (exact) mass is 452 g/mol. The van der Waals surface area contributed by atoms with E-state index in [-0.39, 0.29) is 24.8 Å². The van der Waals surface area contributed by atoms with Crippen LogP contribution >= 0.6 is 0 Å². The van der Waals surface area contributed by atoms with E-state index in [1.807, 2.05) is 0 Å². The van der Waals surface area contributed by atoms with Crippen molar-refractivity contribution in [2.45, 2.75) is 70.5 Å². The minimum absolute atomic E-state index is 0.0233. The van der Waals surface area contributed by atoms with Crippen molar-refractivity contribution in [3.63, 3.8) is 0 Å². The van der Waals surface area contributed by atoms with Crippen molar-refractivity contribution in [1.29, 1.82) is 0 Å². The van der Waals surface area contributed by atoms with Crippen LogP contribution in [0.3, 0.4) is 0 Å². The Morgan fingerprint density at radius 3 is 2.50 bits per heavy atom. The molecule has 32 heavy (non-hydrogen) atoms. The number of aliphatic hydroxyl groups excluding tert-OH is 2. The highest BCUT2D eigenvalue weighted by atomic mass is 19.1. The van der Waals surface area contributed by atoms with Gasteiger partial charge in [-0.2, -0.15) is 0 Å². The first-order chi connectivity index (χ1) is 14.8. The van der Waals surface area contributed by atoms with E-state index in [0.717, 1.165) is 13.0 Å². The molecule has 4 aliphatic rings. The lowest BCUT2D eigenvalue weighted by Crippen LogP contribution is -2.71. The maximum atomic E-state index is 17.1. The first-order valence-electron chi connectivity index (χ1n) is 11.1.